The van der Waals surface area contributed by atoms with Gasteiger partial charge in [-0.25, -0.2) is 4.79 Å². The van der Waals surface area contributed by atoms with E-state index in [1.54, 1.807) is 0 Å². The van der Waals surface area contributed by atoms with Crippen molar-refractivity contribution >= 4 is 30.0 Å². The molecule has 3 N–H and O–H groups in total. The molecule has 0 saturated heterocycles. The number of benzene rings is 1. The zero-order valence-electron chi connectivity index (χ0n) is 15.2. The highest BCUT2D eigenvalue weighted by molar-refractivity contribution is 6.08. The number of aromatic amines is 1. The van der Waals surface area contributed by atoms with Crippen LogP contribution in [0.25, 0.3) is 0 Å². The predicted octanol–water partition coefficient (Wildman–Crippen LogP) is 1.53. The summed E-state index contributed by atoms with van der Waals surface area (Å²) < 4.78 is 15.2. The lowest BCUT2D eigenvalue weighted by Crippen LogP contribution is -2.25. The first-order chi connectivity index (χ1) is 12.6. The number of hydrogen-bond donors (Lipinski definition) is 3. The van der Waals surface area contributed by atoms with Crippen LogP contribution in [-0.2, 0) is 17.7 Å². The molecule has 3 rings (SSSR count). The molecular weight excluding hydrogens is 376 g/mol. The summed E-state index contributed by atoms with van der Waals surface area (Å²) in [6.45, 7) is 1.39. The minimum atomic E-state index is -0.605. The molecule has 9 nitrogen and oxygen atoms in total. The fraction of sp³-hybridized carbons (Fsp3) is 0.353. The second kappa shape index (κ2) is 8.74. The van der Waals surface area contributed by atoms with Gasteiger partial charge < -0.3 is 24.8 Å². The van der Waals surface area contributed by atoms with Gasteiger partial charge in [-0.3, -0.25) is 9.89 Å². The van der Waals surface area contributed by atoms with Crippen LogP contribution in [0.5, 0.6) is 11.5 Å². The Morgan fingerprint density at radius 1 is 1.15 bits per heavy atom. The van der Waals surface area contributed by atoms with E-state index in [2.05, 4.69) is 20.8 Å². The second-order valence-corrected chi connectivity index (χ2v) is 5.65. The molecule has 2 aromatic rings. The topological polar surface area (TPSA) is 115 Å². The molecule has 0 bridgehead atoms. The highest BCUT2D eigenvalue weighted by Gasteiger charge is 2.24. The molecule has 1 aliphatic rings. The van der Waals surface area contributed by atoms with Crippen molar-refractivity contribution in [2.45, 2.75) is 13.0 Å². The minimum absolute atomic E-state index is 0. The third kappa shape index (κ3) is 3.99. The molecule has 2 heterocycles. The monoisotopic (exact) mass is 396 g/mol. The van der Waals surface area contributed by atoms with E-state index < -0.39 is 11.9 Å². The number of hydrogen-bond acceptors (Lipinski definition) is 7. The van der Waals surface area contributed by atoms with Gasteiger partial charge in [0.2, 0.25) is 0 Å². The summed E-state index contributed by atoms with van der Waals surface area (Å²) in [7, 11) is 4.19. The maximum absolute atomic E-state index is 12.7. The number of ether oxygens (including phenoxy) is 3. The molecule has 1 aromatic carbocycles. The summed E-state index contributed by atoms with van der Waals surface area (Å²) in [6, 6.07) is 2.97. The standard InChI is InChI=1S/C17H20N4O5.ClH/c1-24-13-6-9(17(23)26-3)12(7-14(13)25-2)19-16(22)15-10-8-18-5-4-11(10)20-21-15;/h6-7,18H,4-5,8H2,1-3H3,(H,19,22)(H,20,21);1H. The highest BCUT2D eigenvalue weighted by Crippen LogP contribution is 2.34. The van der Waals surface area contributed by atoms with E-state index >= 15 is 0 Å². The fourth-order valence-electron chi connectivity index (χ4n) is 2.86. The molecule has 1 amide bonds. The number of rotatable bonds is 5. The maximum atomic E-state index is 12.7. The van der Waals surface area contributed by atoms with Gasteiger partial charge in [-0.15, -0.1) is 12.4 Å². The Balaban J connectivity index is 0.00000261. The van der Waals surface area contributed by atoms with Gasteiger partial charge in [0.1, 0.15) is 0 Å². The number of nitrogens with zero attached hydrogens (tertiary/aromatic N) is 1. The largest absolute Gasteiger partial charge is 0.493 e. The number of nitrogens with one attached hydrogen (secondary N) is 3. The number of H-pyrrole nitrogens is 1. The number of halogens is 1. The number of anilines is 1. The number of fused-ring (bicyclic) bond motifs is 1. The lowest BCUT2D eigenvalue weighted by molar-refractivity contribution is 0.0601. The third-order valence-corrected chi connectivity index (χ3v) is 4.20. The van der Waals surface area contributed by atoms with Crippen molar-refractivity contribution in [2.75, 3.05) is 33.2 Å². The van der Waals surface area contributed by atoms with Crippen LogP contribution in [0.3, 0.4) is 0 Å². The molecule has 0 saturated carbocycles. The molecule has 1 aliphatic heterocycles. The predicted molar refractivity (Wildman–Crippen MR) is 100 cm³/mol. The lowest BCUT2D eigenvalue weighted by Gasteiger charge is -2.15. The van der Waals surface area contributed by atoms with Gasteiger partial charge in [0.15, 0.2) is 17.2 Å². The lowest BCUT2D eigenvalue weighted by atomic mass is 10.1. The van der Waals surface area contributed by atoms with Crippen LogP contribution in [0.1, 0.15) is 32.1 Å². The van der Waals surface area contributed by atoms with Gasteiger partial charge in [-0.05, 0) is 0 Å². The Morgan fingerprint density at radius 3 is 2.52 bits per heavy atom. The Morgan fingerprint density at radius 2 is 1.85 bits per heavy atom. The number of methoxy groups -OCH3 is 3. The highest BCUT2D eigenvalue weighted by atomic mass is 35.5. The van der Waals surface area contributed by atoms with Crippen LogP contribution >= 0.6 is 12.4 Å². The average Bonchev–Trinajstić information content (AvgIpc) is 3.11. The van der Waals surface area contributed by atoms with Crippen LogP contribution in [0.2, 0.25) is 0 Å². The van der Waals surface area contributed by atoms with Gasteiger partial charge in [0, 0.05) is 42.9 Å². The van der Waals surface area contributed by atoms with E-state index in [0.29, 0.717) is 18.0 Å². The fourth-order valence-corrected chi connectivity index (χ4v) is 2.86. The molecule has 0 spiro atoms. The maximum Gasteiger partial charge on any atom is 0.340 e. The summed E-state index contributed by atoms with van der Waals surface area (Å²) in [4.78, 5) is 24.8. The Labute approximate surface area is 162 Å². The second-order valence-electron chi connectivity index (χ2n) is 5.65. The number of carbonyl (C=O) groups excluding carboxylic acids is 2. The van der Waals surface area contributed by atoms with Gasteiger partial charge in [0.25, 0.3) is 5.91 Å². The van der Waals surface area contributed by atoms with E-state index in [0.717, 1.165) is 24.2 Å². The number of aromatic nitrogens is 2. The van der Waals surface area contributed by atoms with Crippen molar-refractivity contribution in [1.29, 1.82) is 0 Å². The van der Waals surface area contributed by atoms with Crippen molar-refractivity contribution in [2.24, 2.45) is 0 Å². The number of amides is 1. The van der Waals surface area contributed by atoms with Crippen molar-refractivity contribution in [3.8, 4) is 11.5 Å². The normalized spacial score (nSPS) is 12.4. The summed E-state index contributed by atoms with van der Waals surface area (Å²) in [5.74, 6) is -0.302. The molecule has 1 aromatic heterocycles. The van der Waals surface area contributed by atoms with Crippen LogP contribution < -0.4 is 20.1 Å². The molecule has 146 valence electrons. The molecule has 0 aliphatic carbocycles. The summed E-state index contributed by atoms with van der Waals surface area (Å²) in [5.41, 5.74) is 2.46. The van der Waals surface area contributed by atoms with Gasteiger partial charge in [0.05, 0.1) is 32.6 Å². The summed E-state index contributed by atoms with van der Waals surface area (Å²) >= 11 is 0. The van der Waals surface area contributed by atoms with Gasteiger partial charge in [-0.1, -0.05) is 0 Å². The summed E-state index contributed by atoms with van der Waals surface area (Å²) in [6.07, 6.45) is 0.777. The first-order valence-electron chi connectivity index (χ1n) is 8.01. The molecule has 27 heavy (non-hydrogen) atoms. The van der Waals surface area contributed by atoms with Gasteiger partial charge >= 0.3 is 5.97 Å². The zero-order chi connectivity index (χ0) is 18.7. The van der Waals surface area contributed by atoms with Crippen LogP contribution in [0, 0.1) is 0 Å². The quantitative estimate of drug-likeness (QED) is 0.656. The molecule has 0 unspecified atom stereocenters. The van der Waals surface area contributed by atoms with Crippen LogP contribution in [0.15, 0.2) is 12.1 Å². The Bertz CT molecular complexity index is 852. The van der Waals surface area contributed by atoms with Crippen molar-refractivity contribution in [3.05, 3.63) is 34.6 Å². The number of carbonyl (C=O) groups is 2. The average molecular weight is 397 g/mol. The van der Waals surface area contributed by atoms with E-state index in [1.807, 2.05) is 0 Å². The van der Waals surface area contributed by atoms with Crippen LogP contribution in [-0.4, -0.2) is 49.9 Å². The molecule has 10 heteroatoms. The first kappa shape index (κ1) is 20.5. The summed E-state index contributed by atoms with van der Waals surface area (Å²) in [5, 5.41) is 12.9. The molecular formula is C17H21ClN4O5. The minimum Gasteiger partial charge on any atom is -0.493 e. The Hall–Kier alpha value is -2.78. The Kier molecular flexibility index (Phi) is 6.65. The SMILES string of the molecule is COC(=O)c1cc(OC)c(OC)cc1NC(=O)c1n[nH]c2c1CNCC2.Cl. The van der Waals surface area contributed by atoms with Gasteiger partial charge in [-0.2, -0.15) is 5.10 Å². The molecule has 0 atom stereocenters. The van der Waals surface area contributed by atoms with Crippen LogP contribution in [0.4, 0.5) is 5.69 Å². The van der Waals surface area contributed by atoms with Crippen molar-refractivity contribution in [3.63, 3.8) is 0 Å². The van der Waals surface area contributed by atoms with Crippen molar-refractivity contribution in [1.82, 2.24) is 15.5 Å². The van der Waals surface area contributed by atoms with E-state index in [9.17, 15) is 9.59 Å². The smallest absolute Gasteiger partial charge is 0.340 e. The molecule has 0 fully saturated rings. The zero-order valence-corrected chi connectivity index (χ0v) is 16.0. The van der Waals surface area contributed by atoms with Crippen molar-refractivity contribution < 1.29 is 23.8 Å². The molecule has 0 radical (unpaired) electrons. The van der Waals surface area contributed by atoms with E-state index in [1.165, 1.54) is 33.5 Å². The number of esters is 1. The van der Waals surface area contributed by atoms with E-state index in [-0.39, 0.29) is 29.4 Å². The third-order valence-electron chi connectivity index (χ3n) is 4.20. The first-order valence-corrected chi connectivity index (χ1v) is 8.01. The van der Waals surface area contributed by atoms with E-state index in [4.69, 9.17) is 14.2 Å².